The molecular weight excluding hydrogens is 336 g/mol. The molecule has 2 aromatic rings. The molecule has 0 bridgehead atoms. The van der Waals surface area contributed by atoms with E-state index >= 15 is 0 Å². The summed E-state index contributed by atoms with van der Waals surface area (Å²) in [6.45, 7) is 2.19. The number of fused-ring (bicyclic) bond motifs is 1. The van der Waals surface area contributed by atoms with Crippen LogP contribution in [0.4, 0.5) is 11.5 Å². The van der Waals surface area contributed by atoms with Crippen LogP contribution in [0.25, 0.3) is 0 Å². The largest absolute Gasteiger partial charge is 0.211 e. The van der Waals surface area contributed by atoms with E-state index in [-0.39, 0.29) is 0 Å². The lowest BCUT2D eigenvalue weighted by Gasteiger charge is -2.25. The van der Waals surface area contributed by atoms with Crippen LogP contribution in [0.2, 0.25) is 5.15 Å². The van der Waals surface area contributed by atoms with Gasteiger partial charge in [-0.15, -0.1) is 10.2 Å². The number of aromatic nitrogens is 2. The summed E-state index contributed by atoms with van der Waals surface area (Å²) in [7, 11) is 0. The van der Waals surface area contributed by atoms with Gasteiger partial charge in [0.25, 0.3) is 0 Å². The van der Waals surface area contributed by atoms with Crippen molar-refractivity contribution in [3.8, 4) is 0 Å². The molecule has 0 spiro atoms. The molecule has 0 fully saturated rings. The van der Waals surface area contributed by atoms with Crippen LogP contribution in [-0.4, -0.2) is 20.3 Å². The zero-order chi connectivity index (χ0) is 15.4. The minimum atomic E-state index is 0.402. The molecule has 114 valence electrons. The van der Waals surface area contributed by atoms with Gasteiger partial charge < -0.3 is 0 Å². The quantitative estimate of drug-likeness (QED) is 0.711. The van der Waals surface area contributed by atoms with Gasteiger partial charge in [-0.3, -0.25) is 0 Å². The molecule has 0 aliphatic carbocycles. The Morgan fingerprint density at radius 1 is 1.23 bits per heavy atom. The Kier molecular flexibility index (Phi) is 5.23. The number of anilines is 2. The molecule has 0 saturated carbocycles. The Balaban J connectivity index is 1.94. The van der Waals surface area contributed by atoms with E-state index in [0.717, 1.165) is 26.5 Å². The summed E-state index contributed by atoms with van der Waals surface area (Å²) in [6, 6.07) is 11.8. The van der Waals surface area contributed by atoms with E-state index in [4.69, 9.17) is 16.7 Å². The maximum atomic E-state index is 5.99. The van der Waals surface area contributed by atoms with Gasteiger partial charge in [-0.05, 0) is 24.6 Å². The molecule has 0 atom stereocenters. The van der Waals surface area contributed by atoms with Gasteiger partial charge in [0.2, 0.25) is 0 Å². The van der Waals surface area contributed by atoms with Crippen molar-refractivity contribution in [3.63, 3.8) is 0 Å². The SMILES string of the molecule is CCCCSC1=NN(c2ccccc2)c2nnc(Cl)cc2S1. The summed E-state index contributed by atoms with van der Waals surface area (Å²) in [6.07, 6.45) is 2.36. The second kappa shape index (κ2) is 7.35. The maximum Gasteiger partial charge on any atom is 0.190 e. The maximum absolute atomic E-state index is 5.99. The second-order valence-electron chi connectivity index (χ2n) is 4.67. The molecule has 1 aromatic heterocycles. The lowest BCUT2D eigenvalue weighted by atomic mass is 10.3. The summed E-state index contributed by atoms with van der Waals surface area (Å²) in [5.41, 5.74) is 0.967. The fourth-order valence-electron chi connectivity index (χ4n) is 1.92. The van der Waals surface area contributed by atoms with Crippen LogP contribution in [0, 0.1) is 0 Å². The van der Waals surface area contributed by atoms with E-state index < -0.39 is 0 Å². The molecule has 7 heteroatoms. The van der Waals surface area contributed by atoms with Crippen LogP contribution in [0.1, 0.15) is 19.8 Å². The van der Waals surface area contributed by atoms with E-state index in [1.54, 1.807) is 23.5 Å². The number of hydrazone groups is 1. The minimum Gasteiger partial charge on any atom is -0.211 e. The molecule has 22 heavy (non-hydrogen) atoms. The summed E-state index contributed by atoms with van der Waals surface area (Å²) in [4.78, 5) is 0.984. The van der Waals surface area contributed by atoms with Crippen molar-refractivity contribution in [2.75, 3.05) is 10.8 Å². The van der Waals surface area contributed by atoms with Gasteiger partial charge in [-0.1, -0.05) is 66.7 Å². The Morgan fingerprint density at radius 2 is 2.05 bits per heavy atom. The van der Waals surface area contributed by atoms with Crippen LogP contribution in [-0.2, 0) is 0 Å². The standard InChI is InChI=1S/C15H15ClN4S2/c1-2-3-9-21-15-19-20(11-7-5-4-6-8-11)14-12(22-15)10-13(16)17-18-14/h4-8,10H,2-3,9H2,1H3. The molecule has 1 aliphatic heterocycles. The molecule has 0 unspecified atom stereocenters. The van der Waals surface area contributed by atoms with Gasteiger partial charge in [0.1, 0.15) is 0 Å². The van der Waals surface area contributed by atoms with Crippen molar-refractivity contribution < 1.29 is 0 Å². The first-order chi connectivity index (χ1) is 10.8. The van der Waals surface area contributed by atoms with E-state index in [1.807, 2.05) is 41.4 Å². The van der Waals surface area contributed by atoms with Crippen molar-refractivity contribution in [2.45, 2.75) is 24.7 Å². The van der Waals surface area contributed by atoms with Gasteiger partial charge in [-0.2, -0.15) is 5.10 Å². The van der Waals surface area contributed by atoms with Crippen LogP contribution in [0.15, 0.2) is 46.4 Å². The highest BCUT2D eigenvalue weighted by atomic mass is 35.5. The highest BCUT2D eigenvalue weighted by molar-refractivity contribution is 8.39. The molecule has 0 amide bonds. The van der Waals surface area contributed by atoms with Crippen molar-refractivity contribution in [1.29, 1.82) is 0 Å². The van der Waals surface area contributed by atoms with E-state index in [0.29, 0.717) is 5.15 Å². The summed E-state index contributed by atoms with van der Waals surface area (Å²) < 4.78 is 1.01. The molecule has 0 saturated heterocycles. The predicted molar refractivity (Wildman–Crippen MR) is 96.3 cm³/mol. The molecule has 2 heterocycles. The Hall–Kier alpha value is -1.24. The number of hydrogen-bond acceptors (Lipinski definition) is 6. The summed E-state index contributed by atoms with van der Waals surface area (Å²) in [5, 5.41) is 15.1. The highest BCUT2D eigenvalue weighted by Crippen LogP contribution is 2.41. The number of rotatable bonds is 4. The minimum absolute atomic E-state index is 0.402. The normalized spacial score (nSPS) is 13.7. The first-order valence-corrected chi connectivity index (χ1v) is 9.23. The molecule has 0 radical (unpaired) electrons. The molecule has 3 rings (SSSR count). The van der Waals surface area contributed by atoms with Crippen molar-refractivity contribution in [2.24, 2.45) is 5.10 Å². The number of halogens is 1. The predicted octanol–water partition coefficient (Wildman–Crippen LogP) is 5.18. The summed E-state index contributed by atoms with van der Waals surface area (Å²) in [5.74, 6) is 1.78. The van der Waals surface area contributed by atoms with Crippen molar-refractivity contribution in [1.82, 2.24) is 10.2 Å². The zero-order valence-corrected chi connectivity index (χ0v) is 14.5. The lowest BCUT2D eigenvalue weighted by molar-refractivity contribution is 0.897. The number of nitrogens with zero attached hydrogens (tertiary/aromatic N) is 4. The topological polar surface area (TPSA) is 41.4 Å². The molecule has 0 N–H and O–H groups in total. The first kappa shape index (κ1) is 15.6. The lowest BCUT2D eigenvalue weighted by Crippen LogP contribution is -2.18. The van der Waals surface area contributed by atoms with Gasteiger partial charge >= 0.3 is 0 Å². The number of unbranched alkanes of at least 4 members (excludes halogenated alkanes) is 1. The smallest absolute Gasteiger partial charge is 0.190 e. The van der Waals surface area contributed by atoms with Crippen LogP contribution in [0.3, 0.4) is 0 Å². The summed E-state index contributed by atoms with van der Waals surface area (Å²) >= 11 is 9.37. The Labute approximate surface area is 143 Å². The number of hydrogen-bond donors (Lipinski definition) is 0. The Morgan fingerprint density at radius 3 is 2.82 bits per heavy atom. The molecule has 1 aliphatic rings. The third-order valence-electron chi connectivity index (χ3n) is 3.01. The molecule has 4 nitrogen and oxygen atoms in total. The van der Waals surface area contributed by atoms with Crippen LogP contribution < -0.4 is 5.01 Å². The van der Waals surface area contributed by atoms with Gasteiger partial charge in [0.05, 0.1) is 10.6 Å². The van der Waals surface area contributed by atoms with Crippen molar-refractivity contribution in [3.05, 3.63) is 41.6 Å². The van der Waals surface area contributed by atoms with Gasteiger partial charge in [0.15, 0.2) is 15.3 Å². The second-order valence-corrected chi connectivity index (χ2v) is 7.43. The van der Waals surface area contributed by atoms with E-state index in [9.17, 15) is 0 Å². The zero-order valence-electron chi connectivity index (χ0n) is 12.1. The molecule has 1 aromatic carbocycles. The third-order valence-corrected chi connectivity index (χ3v) is 5.40. The van der Waals surface area contributed by atoms with Gasteiger partial charge in [0, 0.05) is 5.75 Å². The Bertz CT molecular complexity index is 678. The fourth-order valence-corrected chi connectivity index (χ4v) is 4.34. The van der Waals surface area contributed by atoms with Gasteiger partial charge in [-0.25, -0.2) is 5.01 Å². The number of thioether (sulfide) groups is 2. The first-order valence-electron chi connectivity index (χ1n) is 7.05. The average molecular weight is 351 g/mol. The highest BCUT2D eigenvalue weighted by Gasteiger charge is 2.24. The molecular formula is C15H15ClN4S2. The average Bonchev–Trinajstić information content (AvgIpc) is 2.55. The third kappa shape index (κ3) is 3.56. The fraction of sp³-hybridized carbons (Fsp3) is 0.267. The number of benzene rings is 1. The monoisotopic (exact) mass is 350 g/mol. The van der Waals surface area contributed by atoms with Crippen LogP contribution in [0.5, 0.6) is 0 Å². The van der Waals surface area contributed by atoms with E-state index in [2.05, 4.69) is 17.1 Å². The van der Waals surface area contributed by atoms with Crippen molar-refractivity contribution >= 4 is 51.0 Å². The number of para-hydroxylation sites is 1. The van der Waals surface area contributed by atoms with Crippen LogP contribution >= 0.6 is 35.1 Å². The van der Waals surface area contributed by atoms with E-state index in [1.165, 1.54) is 12.8 Å².